The second-order valence-corrected chi connectivity index (χ2v) is 6.94. The molecule has 4 aromatic carbocycles. The summed E-state index contributed by atoms with van der Waals surface area (Å²) in [5.74, 6) is 0. The molecule has 0 aromatic heterocycles. The van der Waals surface area contributed by atoms with Crippen molar-refractivity contribution in [2.45, 2.75) is 9.79 Å². The van der Waals surface area contributed by atoms with Crippen LogP contribution in [0.15, 0.2) is 119 Å². The van der Waals surface area contributed by atoms with E-state index in [1.165, 1.54) is 32.0 Å². The molecule has 0 heterocycles. The van der Waals surface area contributed by atoms with Gasteiger partial charge in [0.1, 0.15) is 0 Å². The van der Waals surface area contributed by atoms with E-state index in [0.717, 1.165) is 0 Å². The van der Waals surface area contributed by atoms with E-state index in [-0.39, 0.29) is 13.5 Å². The van der Waals surface area contributed by atoms with Gasteiger partial charge in [-0.2, -0.15) is 13.5 Å². The summed E-state index contributed by atoms with van der Waals surface area (Å²) in [6.45, 7) is 0. The molecule has 4 aromatic rings. The summed E-state index contributed by atoms with van der Waals surface area (Å²) in [4.78, 5) is 2.53. The normalized spacial score (nSPS) is 10.2. The number of rotatable bonds is 4. The molecule has 0 radical (unpaired) electrons. The molecule has 0 aliphatic carbocycles. The Labute approximate surface area is 166 Å². The van der Waals surface area contributed by atoms with E-state index >= 15 is 0 Å². The minimum Gasteiger partial charge on any atom is -0.197 e. The van der Waals surface area contributed by atoms with Crippen molar-refractivity contribution in [3.63, 3.8) is 0 Å². The molecule has 0 atom stereocenters. The predicted octanol–water partition coefficient (Wildman–Crippen LogP) is 7.28. The quantitative estimate of drug-likeness (QED) is 0.362. The van der Waals surface area contributed by atoms with Gasteiger partial charge in [-0.25, -0.2) is 0 Å². The van der Waals surface area contributed by atoms with Crippen molar-refractivity contribution in [1.29, 1.82) is 0 Å². The zero-order valence-corrected chi connectivity index (χ0v) is 16.1. The SMILES string of the molecule is S.c1ccc(Sc2cccc(-c3ccccc3)c2-c2ccccc2)cc1. The molecular weight excluding hydrogens is 352 g/mol. The van der Waals surface area contributed by atoms with Crippen LogP contribution in [0.25, 0.3) is 22.3 Å². The maximum Gasteiger partial charge on any atom is 0.0207 e. The third-order valence-electron chi connectivity index (χ3n) is 4.14. The lowest BCUT2D eigenvalue weighted by Crippen LogP contribution is -1.88. The van der Waals surface area contributed by atoms with Crippen LogP contribution in [0.4, 0.5) is 0 Å². The Bertz CT molecular complexity index is 949. The smallest absolute Gasteiger partial charge is 0.0207 e. The lowest BCUT2D eigenvalue weighted by atomic mass is 9.94. The zero-order chi connectivity index (χ0) is 16.9. The zero-order valence-electron chi connectivity index (χ0n) is 14.3. The first-order valence-electron chi connectivity index (χ1n) is 8.38. The Morgan fingerprint density at radius 1 is 0.462 bits per heavy atom. The van der Waals surface area contributed by atoms with Crippen molar-refractivity contribution in [3.05, 3.63) is 109 Å². The van der Waals surface area contributed by atoms with Crippen LogP contribution in [0.2, 0.25) is 0 Å². The summed E-state index contributed by atoms with van der Waals surface area (Å²) in [6, 6.07) is 38.4. The maximum atomic E-state index is 2.22. The first-order valence-corrected chi connectivity index (χ1v) is 9.20. The molecule has 0 saturated carbocycles. The minimum atomic E-state index is 0. The molecule has 0 aliphatic rings. The van der Waals surface area contributed by atoms with Crippen LogP contribution in [0.3, 0.4) is 0 Å². The third kappa shape index (κ3) is 4.04. The highest BCUT2D eigenvalue weighted by atomic mass is 32.2. The van der Waals surface area contributed by atoms with Crippen LogP contribution in [0.5, 0.6) is 0 Å². The highest BCUT2D eigenvalue weighted by Crippen LogP contribution is 2.41. The topological polar surface area (TPSA) is 0 Å². The van der Waals surface area contributed by atoms with E-state index in [9.17, 15) is 0 Å². The fourth-order valence-electron chi connectivity index (χ4n) is 2.99. The van der Waals surface area contributed by atoms with Gasteiger partial charge in [-0.05, 0) is 34.9 Å². The van der Waals surface area contributed by atoms with Crippen molar-refractivity contribution in [2.24, 2.45) is 0 Å². The van der Waals surface area contributed by atoms with E-state index < -0.39 is 0 Å². The summed E-state index contributed by atoms with van der Waals surface area (Å²) in [5.41, 5.74) is 5.06. The maximum absolute atomic E-state index is 2.22. The Morgan fingerprint density at radius 3 is 1.62 bits per heavy atom. The van der Waals surface area contributed by atoms with Crippen molar-refractivity contribution < 1.29 is 0 Å². The molecule has 0 N–H and O–H groups in total. The van der Waals surface area contributed by atoms with Crippen molar-refractivity contribution >= 4 is 25.3 Å². The molecule has 0 amide bonds. The lowest BCUT2D eigenvalue weighted by molar-refractivity contribution is 1.40. The molecule has 0 fully saturated rings. The van der Waals surface area contributed by atoms with E-state index in [0.29, 0.717) is 0 Å². The first-order chi connectivity index (χ1) is 12.4. The first kappa shape index (κ1) is 18.4. The highest BCUT2D eigenvalue weighted by Gasteiger charge is 2.13. The summed E-state index contributed by atoms with van der Waals surface area (Å²) >= 11 is 1.82. The van der Waals surface area contributed by atoms with Gasteiger partial charge >= 0.3 is 0 Å². The lowest BCUT2D eigenvalue weighted by Gasteiger charge is -2.15. The van der Waals surface area contributed by atoms with Crippen LogP contribution in [0.1, 0.15) is 0 Å². The Balaban J connectivity index is 0.00000196. The van der Waals surface area contributed by atoms with Gasteiger partial charge in [0.25, 0.3) is 0 Å². The van der Waals surface area contributed by atoms with Crippen molar-refractivity contribution in [2.75, 3.05) is 0 Å². The average Bonchev–Trinajstić information content (AvgIpc) is 2.70. The van der Waals surface area contributed by atoms with Crippen LogP contribution in [-0.2, 0) is 0 Å². The molecule has 0 saturated heterocycles. The summed E-state index contributed by atoms with van der Waals surface area (Å²) < 4.78 is 0. The Hall–Kier alpha value is -2.42. The summed E-state index contributed by atoms with van der Waals surface area (Å²) in [5, 5.41) is 0. The van der Waals surface area contributed by atoms with Gasteiger partial charge in [0, 0.05) is 15.4 Å². The second-order valence-electron chi connectivity index (χ2n) is 5.83. The van der Waals surface area contributed by atoms with E-state index in [2.05, 4.69) is 109 Å². The second kappa shape index (κ2) is 8.79. The fraction of sp³-hybridized carbons (Fsp3) is 0. The monoisotopic (exact) mass is 372 g/mol. The van der Waals surface area contributed by atoms with E-state index in [4.69, 9.17) is 0 Å². The Kier molecular flexibility index (Phi) is 6.21. The molecule has 4 rings (SSSR count). The summed E-state index contributed by atoms with van der Waals surface area (Å²) in [7, 11) is 0. The van der Waals surface area contributed by atoms with Crippen LogP contribution in [-0.4, -0.2) is 0 Å². The predicted molar refractivity (Wildman–Crippen MR) is 118 cm³/mol. The standard InChI is InChI=1S/C24H18S.H2S/c1-4-11-19(12-5-1)22-17-10-18-23(25-21-15-8-3-9-16-21)24(22)20-13-6-2-7-14-20;/h1-18H;1H2. The van der Waals surface area contributed by atoms with Crippen molar-refractivity contribution in [1.82, 2.24) is 0 Å². The van der Waals surface area contributed by atoms with Gasteiger partial charge < -0.3 is 0 Å². The minimum absolute atomic E-state index is 0. The van der Waals surface area contributed by atoms with Crippen LogP contribution in [0, 0.1) is 0 Å². The van der Waals surface area contributed by atoms with Gasteiger partial charge in [-0.1, -0.05) is 103 Å². The molecule has 0 spiro atoms. The molecule has 0 aliphatic heterocycles. The summed E-state index contributed by atoms with van der Waals surface area (Å²) in [6.07, 6.45) is 0. The number of hydrogen-bond acceptors (Lipinski definition) is 1. The van der Waals surface area contributed by atoms with Gasteiger partial charge in [-0.15, -0.1) is 0 Å². The molecule has 0 nitrogen and oxygen atoms in total. The highest BCUT2D eigenvalue weighted by molar-refractivity contribution is 7.99. The van der Waals surface area contributed by atoms with Gasteiger partial charge in [-0.3, -0.25) is 0 Å². The molecule has 0 unspecified atom stereocenters. The molecule has 0 bridgehead atoms. The van der Waals surface area contributed by atoms with E-state index in [1.807, 2.05) is 11.8 Å². The molecule has 26 heavy (non-hydrogen) atoms. The number of hydrogen-bond donors (Lipinski definition) is 0. The molecular formula is C24H20S2. The van der Waals surface area contributed by atoms with Gasteiger partial charge in [0.05, 0.1) is 0 Å². The average molecular weight is 373 g/mol. The van der Waals surface area contributed by atoms with Gasteiger partial charge in [0.2, 0.25) is 0 Å². The fourth-order valence-corrected chi connectivity index (χ4v) is 4.02. The van der Waals surface area contributed by atoms with E-state index in [1.54, 1.807) is 0 Å². The van der Waals surface area contributed by atoms with Crippen LogP contribution < -0.4 is 0 Å². The number of benzene rings is 4. The largest absolute Gasteiger partial charge is 0.197 e. The van der Waals surface area contributed by atoms with Crippen LogP contribution >= 0.6 is 25.3 Å². The molecule has 128 valence electrons. The van der Waals surface area contributed by atoms with Crippen molar-refractivity contribution in [3.8, 4) is 22.3 Å². The molecule has 2 heteroatoms. The third-order valence-corrected chi connectivity index (χ3v) is 5.21. The Morgan fingerprint density at radius 2 is 1.00 bits per heavy atom. The van der Waals surface area contributed by atoms with Gasteiger partial charge in [0.15, 0.2) is 0 Å².